The number of nitrogens with zero attached hydrogens (tertiary/aromatic N) is 2. The number of carbonyl (C=O) groups is 1. The van der Waals surface area contributed by atoms with Gasteiger partial charge >= 0.3 is 0 Å². The van der Waals surface area contributed by atoms with Crippen molar-refractivity contribution >= 4 is 23.7 Å². The number of aliphatic hydroxyl groups is 1. The zero-order chi connectivity index (χ0) is 19.8. The molecule has 2 aromatic rings. The van der Waals surface area contributed by atoms with Crippen LogP contribution in [0.1, 0.15) is 11.1 Å². The van der Waals surface area contributed by atoms with Gasteiger partial charge in [0.15, 0.2) is 0 Å². The molecule has 28 heavy (non-hydrogen) atoms. The lowest BCUT2D eigenvalue weighted by Gasteiger charge is -2.37. The summed E-state index contributed by atoms with van der Waals surface area (Å²) in [7, 11) is 0. The quantitative estimate of drug-likeness (QED) is 0.408. The molecule has 1 heterocycles. The van der Waals surface area contributed by atoms with Crippen molar-refractivity contribution in [3.63, 3.8) is 0 Å². The number of hydrogen-bond acceptors (Lipinski definition) is 5. The van der Waals surface area contributed by atoms with Crippen molar-refractivity contribution in [1.82, 2.24) is 10.4 Å². The van der Waals surface area contributed by atoms with Crippen molar-refractivity contribution in [3.8, 4) is 0 Å². The Bertz CT molecular complexity index is 828. The van der Waals surface area contributed by atoms with Gasteiger partial charge in [-0.15, -0.1) is 0 Å². The first-order valence-corrected chi connectivity index (χ1v) is 9.28. The minimum atomic E-state index is -0.641. The third kappa shape index (κ3) is 5.53. The second kappa shape index (κ2) is 9.85. The molecule has 146 valence electrons. The van der Waals surface area contributed by atoms with Crippen LogP contribution >= 0.6 is 0 Å². The molecule has 3 N–H and O–H groups in total. The van der Waals surface area contributed by atoms with Crippen LogP contribution in [0.25, 0.3) is 12.2 Å². The van der Waals surface area contributed by atoms with Crippen LogP contribution in [0.5, 0.6) is 0 Å². The molecule has 0 radical (unpaired) electrons. The second-order valence-electron chi connectivity index (χ2n) is 6.61. The highest BCUT2D eigenvalue weighted by Gasteiger charge is 2.20. The minimum absolute atomic E-state index is 0.578. The standard InChI is InChI=1S/C22H25N3O3/c26-21(23-28)11-9-18-5-4-6-19(17-18)10-12-22(27)25-15-13-24(14-16-25)20-7-2-1-3-8-20/h1-12,17,22,27-28H,13-16H2,(H,23,26)/b11-9+,12-10+. The van der Waals surface area contributed by atoms with E-state index in [0.29, 0.717) is 0 Å². The normalized spacial score (nSPS) is 16.6. The van der Waals surface area contributed by atoms with E-state index in [1.807, 2.05) is 53.4 Å². The number of benzene rings is 2. The maximum atomic E-state index is 11.1. The second-order valence-corrected chi connectivity index (χ2v) is 6.61. The number of aliphatic hydroxyl groups excluding tert-OH is 1. The predicted molar refractivity (Wildman–Crippen MR) is 111 cm³/mol. The fraction of sp³-hybridized carbons (Fsp3) is 0.227. The summed E-state index contributed by atoms with van der Waals surface area (Å²) in [6.07, 6.45) is 5.88. The van der Waals surface area contributed by atoms with Crippen LogP contribution < -0.4 is 10.4 Å². The van der Waals surface area contributed by atoms with Crippen LogP contribution in [0, 0.1) is 0 Å². The van der Waals surface area contributed by atoms with E-state index in [-0.39, 0.29) is 0 Å². The number of piperazine rings is 1. The van der Waals surface area contributed by atoms with Gasteiger partial charge in [-0.2, -0.15) is 0 Å². The van der Waals surface area contributed by atoms with Crippen LogP contribution in [0.4, 0.5) is 5.69 Å². The molecule has 0 bridgehead atoms. The molecule has 3 rings (SSSR count). The Hall–Kier alpha value is -2.93. The molecule has 1 amide bonds. The Morgan fingerprint density at radius 2 is 1.64 bits per heavy atom. The Labute approximate surface area is 165 Å². The van der Waals surface area contributed by atoms with E-state index in [0.717, 1.165) is 37.3 Å². The molecule has 6 nitrogen and oxygen atoms in total. The van der Waals surface area contributed by atoms with E-state index >= 15 is 0 Å². The van der Waals surface area contributed by atoms with Crippen molar-refractivity contribution < 1.29 is 15.1 Å². The summed E-state index contributed by atoms with van der Waals surface area (Å²) in [6, 6.07) is 17.9. The first-order valence-electron chi connectivity index (χ1n) is 9.28. The van der Waals surface area contributed by atoms with Gasteiger partial charge in [0.05, 0.1) is 0 Å². The number of para-hydroxylation sites is 1. The van der Waals surface area contributed by atoms with Gasteiger partial charge in [0.2, 0.25) is 0 Å². The lowest BCUT2D eigenvalue weighted by atomic mass is 10.1. The highest BCUT2D eigenvalue weighted by molar-refractivity contribution is 5.90. The van der Waals surface area contributed by atoms with Gasteiger partial charge < -0.3 is 10.0 Å². The minimum Gasteiger partial charge on any atom is -0.375 e. The Balaban J connectivity index is 1.55. The molecule has 1 saturated heterocycles. The SMILES string of the molecule is O=C(/C=C/c1cccc(/C=C/C(O)N2CCN(c3ccccc3)CC2)c1)NO. The number of rotatable bonds is 6. The average molecular weight is 379 g/mol. The third-order valence-corrected chi connectivity index (χ3v) is 4.72. The van der Waals surface area contributed by atoms with Gasteiger partial charge in [0.1, 0.15) is 6.23 Å². The molecular weight excluding hydrogens is 354 g/mol. The number of hydrogen-bond donors (Lipinski definition) is 3. The molecule has 0 saturated carbocycles. The number of anilines is 1. The molecular formula is C22H25N3O3. The van der Waals surface area contributed by atoms with Crippen LogP contribution in [0.2, 0.25) is 0 Å². The zero-order valence-corrected chi connectivity index (χ0v) is 15.6. The zero-order valence-electron chi connectivity index (χ0n) is 15.6. The highest BCUT2D eigenvalue weighted by Crippen LogP contribution is 2.17. The molecule has 1 aliphatic heterocycles. The molecule has 1 aliphatic rings. The summed E-state index contributed by atoms with van der Waals surface area (Å²) >= 11 is 0. The van der Waals surface area contributed by atoms with E-state index in [4.69, 9.17) is 5.21 Å². The third-order valence-electron chi connectivity index (χ3n) is 4.72. The van der Waals surface area contributed by atoms with Crippen molar-refractivity contribution in [2.45, 2.75) is 6.23 Å². The first kappa shape index (κ1) is 19.8. The van der Waals surface area contributed by atoms with E-state index in [1.54, 1.807) is 17.6 Å². The summed E-state index contributed by atoms with van der Waals surface area (Å²) in [5.41, 5.74) is 4.53. The average Bonchev–Trinajstić information content (AvgIpc) is 2.76. The van der Waals surface area contributed by atoms with Gasteiger partial charge in [0, 0.05) is 37.9 Å². The van der Waals surface area contributed by atoms with E-state index in [1.165, 1.54) is 11.8 Å². The van der Waals surface area contributed by atoms with Crippen LogP contribution in [-0.4, -0.2) is 53.5 Å². The largest absolute Gasteiger partial charge is 0.375 e. The molecule has 0 aliphatic carbocycles. The summed E-state index contributed by atoms with van der Waals surface area (Å²) in [5, 5.41) is 19.0. The van der Waals surface area contributed by atoms with Crippen LogP contribution in [-0.2, 0) is 4.79 Å². The Morgan fingerprint density at radius 3 is 2.32 bits per heavy atom. The van der Waals surface area contributed by atoms with E-state index < -0.39 is 12.1 Å². The molecule has 0 aromatic heterocycles. The maximum absolute atomic E-state index is 11.1. The molecule has 1 unspecified atom stereocenters. The number of hydroxylamine groups is 1. The number of amides is 1. The van der Waals surface area contributed by atoms with E-state index in [9.17, 15) is 9.90 Å². The summed E-state index contributed by atoms with van der Waals surface area (Å²) < 4.78 is 0. The van der Waals surface area contributed by atoms with Gasteiger partial charge in [-0.05, 0) is 41.5 Å². The van der Waals surface area contributed by atoms with Gasteiger partial charge in [-0.3, -0.25) is 14.9 Å². The molecule has 1 fully saturated rings. The lowest BCUT2D eigenvalue weighted by Crippen LogP contribution is -2.49. The smallest absolute Gasteiger partial charge is 0.267 e. The van der Waals surface area contributed by atoms with E-state index in [2.05, 4.69) is 17.0 Å². The van der Waals surface area contributed by atoms with Crippen molar-refractivity contribution in [2.24, 2.45) is 0 Å². The topological polar surface area (TPSA) is 76.0 Å². The highest BCUT2D eigenvalue weighted by atomic mass is 16.5. The Morgan fingerprint density at radius 1 is 0.964 bits per heavy atom. The van der Waals surface area contributed by atoms with Gasteiger partial charge in [0.25, 0.3) is 5.91 Å². The fourth-order valence-electron chi connectivity index (χ4n) is 3.18. The van der Waals surface area contributed by atoms with Crippen LogP contribution in [0.15, 0.2) is 66.7 Å². The molecule has 6 heteroatoms. The Kier molecular flexibility index (Phi) is 6.97. The van der Waals surface area contributed by atoms with Gasteiger partial charge in [-0.25, -0.2) is 5.48 Å². The summed E-state index contributed by atoms with van der Waals surface area (Å²) in [6.45, 7) is 3.34. The van der Waals surface area contributed by atoms with Crippen molar-refractivity contribution in [3.05, 3.63) is 77.9 Å². The lowest BCUT2D eigenvalue weighted by molar-refractivity contribution is -0.124. The van der Waals surface area contributed by atoms with Crippen molar-refractivity contribution in [2.75, 3.05) is 31.1 Å². The van der Waals surface area contributed by atoms with Crippen molar-refractivity contribution in [1.29, 1.82) is 0 Å². The summed E-state index contributed by atoms with van der Waals surface area (Å²) in [4.78, 5) is 15.4. The first-order chi connectivity index (χ1) is 13.7. The monoisotopic (exact) mass is 379 g/mol. The maximum Gasteiger partial charge on any atom is 0.267 e. The molecule has 1 atom stereocenters. The summed E-state index contributed by atoms with van der Waals surface area (Å²) in [5.74, 6) is -0.578. The number of carbonyl (C=O) groups excluding carboxylic acids is 1. The predicted octanol–water partition coefficient (Wildman–Crippen LogP) is 2.36. The molecule has 0 spiro atoms. The van der Waals surface area contributed by atoms with Crippen LogP contribution in [0.3, 0.4) is 0 Å². The van der Waals surface area contributed by atoms with Gasteiger partial charge in [-0.1, -0.05) is 42.5 Å². The fourth-order valence-corrected chi connectivity index (χ4v) is 3.18. The number of nitrogens with one attached hydrogen (secondary N) is 1. The molecule has 2 aromatic carbocycles.